The van der Waals surface area contributed by atoms with Crippen LogP contribution in [0.1, 0.15) is 27.6 Å². The summed E-state index contributed by atoms with van der Waals surface area (Å²) in [6.07, 6.45) is 2.30. The molecule has 13 heteroatoms. The van der Waals surface area contributed by atoms with Crippen molar-refractivity contribution in [3.63, 3.8) is 0 Å². The molecule has 2 aromatic heterocycles. The third-order valence-corrected chi connectivity index (χ3v) is 4.22. The molecule has 0 atom stereocenters. The molecule has 2 N–H and O–H groups in total. The fourth-order valence-corrected chi connectivity index (χ4v) is 2.70. The smallest absolute Gasteiger partial charge is 0.316 e. The molecule has 2 heterocycles. The minimum Gasteiger partial charge on any atom is -0.484 e. The molecule has 2 amide bonds. The van der Waals surface area contributed by atoms with Gasteiger partial charge in [0.25, 0.3) is 5.91 Å². The van der Waals surface area contributed by atoms with Crippen LogP contribution >= 0.6 is 0 Å². The van der Waals surface area contributed by atoms with E-state index in [1.54, 1.807) is 0 Å². The van der Waals surface area contributed by atoms with Gasteiger partial charge >= 0.3 is 17.5 Å². The van der Waals surface area contributed by atoms with Crippen LogP contribution in [0.4, 0.5) is 5.69 Å². The van der Waals surface area contributed by atoms with Crippen LogP contribution in [-0.2, 0) is 11.3 Å². The molecule has 0 aliphatic carbocycles. The van der Waals surface area contributed by atoms with Crippen molar-refractivity contribution in [2.24, 2.45) is 0 Å². The number of ether oxygens (including phenoxy) is 1. The fourth-order valence-electron chi connectivity index (χ4n) is 2.70. The van der Waals surface area contributed by atoms with Crippen LogP contribution in [0.3, 0.4) is 0 Å². The molecule has 168 valence electrons. The summed E-state index contributed by atoms with van der Waals surface area (Å²) < 4.78 is 11.6. The van der Waals surface area contributed by atoms with Crippen LogP contribution in [0.25, 0.3) is 0 Å². The Morgan fingerprint density at radius 2 is 2.03 bits per heavy atom. The number of nitro groups is 1. The zero-order valence-electron chi connectivity index (χ0n) is 17.4. The largest absolute Gasteiger partial charge is 0.484 e. The van der Waals surface area contributed by atoms with E-state index < -0.39 is 10.8 Å². The van der Waals surface area contributed by atoms with Crippen molar-refractivity contribution in [3.05, 3.63) is 63.5 Å². The van der Waals surface area contributed by atoms with Crippen molar-refractivity contribution in [2.45, 2.75) is 20.4 Å². The molecule has 0 aliphatic heterocycles. The van der Waals surface area contributed by atoms with Gasteiger partial charge in [0.1, 0.15) is 24.7 Å². The Balaban J connectivity index is 1.37. The van der Waals surface area contributed by atoms with Gasteiger partial charge in [-0.1, -0.05) is 22.9 Å². The van der Waals surface area contributed by atoms with Gasteiger partial charge in [-0.3, -0.25) is 24.4 Å². The lowest BCUT2D eigenvalue weighted by Gasteiger charge is -2.10. The van der Waals surface area contributed by atoms with Gasteiger partial charge < -0.3 is 19.9 Å². The average Bonchev–Trinajstić information content (AvgIpc) is 3.41. The van der Waals surface area contributed by atoms with E-state index in [-0.39, 0.29) is 49.6 Å². The summed E-state index contributed by atoms with van der Waals surface area (Å²) in [5, 5.41) is 23.3. The highest BCUT2D eigenvalue weighted by Crippen LogP contribution is 2.18. The topological polar surface area (TPSA) is 167 Å². The summed E-state index contributed by atoms with van der Waals surface area (Å²) in [5.74, 6) is -0.448. The van der Waals surface area contributed by atoms with Gasteiger partial charge in [-0.05, 0) is 25.5 Å². The molecule has 0 unspecified atom stereocenters. The Hall–Kier alpha value is -4.29. The highest BCUT2D eigenvalue weighted by Gasteiger charge is 2.16. The van der Waals surface area contributed by atoms with Crippen LogP contribution < -0.4 is 15.4 Å². The summed E-state index contributed by atoms with van der Waals surface area (Å²) >= 11 is 0. The van der Waals surface area contributed by atoms with Gasteiger partial charge in [0, 0.05) is 13.1 Å². The van der Waals surface area contributed by atoms with Crippen LogP contribution in [0.2, 0.25) is 0 Å². The number of hydrogen-bond acceptors (Lipinski definition) is 9. The number of nitrogens with one attached hydrogen (secondary N) is 2. The van der Waals surface area contributed by atoms with Crippen molar-refractivity contribution in [2.75, 3.05) is 19.7 Å². The number of aryl methyl sites for hydroxylation is 2. The van der Waals surface area contributed by atoms with Crippen LogP contribution in [0, 0.1) is 24.0 Å². The molecule has 0 radical (unpaired) electrons. The van der Waals surface area contributed by atoms with Gasteiger partial charge in [0.2, 0.25) is 0 Å². The number of hydrogen-bond donors (Lipinski definition) is 2. The Morgan fingerprint density at radius 1 is 1.25 bits per heavy atom. The van der Waals surface area contributed by atoms with Gasteiger partial charge in [0.05, 0.1) is 4.92 Å². The maximum atomic E-state index is 12.1. The predicted molar refractivity (Wildman–Crippen MR) is 109 cm³/mol. The van der Waals surface area contributed by atoms with Gasteiger partial charge in [0.15, 0.2) is 12.4 Å². The Kier molecular flexibility index (Phi) is 7.10. The fraction of sp³-hybridized carbons (Fsp3) is 0.316. The molecule has 0 aliphatic rings. The quantitative estimate of drug-likeness (QED) is 0.261. The Labute approximate surface area is 181 Å². The monoisotopic (exact) mass is 443 g/mol. The maximum absolute atomic E-state index is 12.1. The van der Waals surface area contributed by atoms with E-state index in [2.05, 4.69) is 25.9 Å². The summed E-state index contributed by atoms with van der Waals surface area (Å²) in [6.45, 7) is 4.05. The molecular formula is C19H21N7O6. The number of carbonyl (C=O) groups excluding carboxylic acids is 2. The first-order valence-corrected chi connectivity index (χ1v) is 9.56. The molecule has 3 aromatic rings. The highest BCUT2D eigenvalue weighted by atomic mass is 16.6. The summed E-state index contributed by atoms with van der Waals surface area (Å²) in [6, 6.07) is 5.67. The van der Waals surface area contributed by atoms with Crippen molar-refractivity contribution in [1.29, 1.82) is 0 Å². The molecule has 0 fully saturated rings. The van der Waals surface area contributed by atoms with E-state index >= 15 is 0 Å². The second-order valence-electron chi connectivity index (χ2n) is 6.83. The molecule has 3 rings (SSSR count). The van der Waals surface area contributed by atoms with E-state index in [1.165, 1.54) is 10.9 Å². The van der Waals surface area contributed by atoms with Crippen LogP contribution in [0.15, 0.2) is 35.1 Å². The minimum absolute atomic E-state index is 0.00113. The lowest BCUT2D eigenvalue weighted by molar-refractivity contribution is -0.385. The van der Waals surface area contributed by atoms with Gasteiger partial charge in [-0.15, -0.1) is 0 Å². The summed E-state index contributed by atoms with van der Waals surface area (Å²) in [4.78, 5) is 38.0. The molecule has 0 saturated carbocycles. The first-order chi connectivity index (χ1) is 15.3. The number of amides is 2. The zero-order chi connectivity index (χ0) is 23.1. The van der Waals surface area contributed by atoms with Crippen molar-refractivity contribution >= 4 is 17.5 Å². The third-order valence-electron chi connectivity index (χ3n) is 4.22. The number of carbonyl (C=O) groups is 2. The van der Waals surface area contributed by atoms with Gasteiger partial charge in [-0.25, -0.2) is 0 Å². The minimum atomic E-state index is -0.615. The Morgan fingerprint density at radius 3 is 2.75 bits per heavy atom. The lowest BCUT2D eigenvalue weighted by Crippen LogP contribution is -2.36. The summed E-state index contributed by atoms with van der Waals surface area (Å²) in [5.41, 5.74) is 1.87. The average molecular weight is 443 g/mol. The molecule has 32 heavy (non-hydrogen) atoms. The normalized spacial score (nSPS) is 10.6. The Bertz CT molecular complexity index is 1120. The van der Waals surface area contributed by atoms with Crippen molar-refractivity contribution < 1.29 is 23.8 Å². The second-order valence-corrected chi connectivity index (χ2v) is 6.83. The highest BCUT2D eigenvalue weighted by molar-refractivity contribution is 5.89. The molecule has 0 saturated heterocycles. The van der Waals surface area contributed by atoms with Crippen molar-refractivity contribution in [3.8, 4) is 5.75 Å². The number of nitrogens with zero attached hydrogens (tertiary/aromatic N) is 5. The standard InChI is InChI=1S/C19H21N7O6/c1-12-3-4-15(13(2)7-12)31-11-17(27)20-5-6-21-18(28)19-23-16(24-32-19)10-25-9-14(8-22-25)26(29)30/h3-4,7-9H,5-6,10-11H2,1-2H3,(H,20,27)(H,21,28). The SMILES string of the molecule is Cc1ccc(OCC(=O)NCCNC(=O)c2nc(Cn3cc([N+](=O)[O-])cn3)no2)c(C)c1. The number of rotatable bonds is 10. The molecular weight excluding hydrogens is 422 g/mol. The van der Waals surface area contributed by atoms with Crippen LogP contribution in [-0.4, -0.2) is 56.4 Å². The van der Waals surface area contributed by atoms with E-state index in [9.17, 15) is 19.7 Å². The van der Waals surface area contributed by atoms with E-state index in [1.807, 2.05) is 32.0 Å². The van der Waals surface area contributed by atoms with E-state index in [4.69, 9.17) is 9.26 Å². The zero-order valence-corrected chi connectivity index (χ0v) is 17.4. The maximum Gasteiger partial charge on any atom is 0.316 e. The molecule has 13 nitrogen and oxygen atoms in total. The first kappa shape index (κ1) is 22.4. The van der Waals surface area contributed by atoms with E-state index in [0.29, 0.717) is 5.75 Å². The molecule has 0 spiro atoms. The molecule has 1 aromatic carbocycles. The summed E-state index contributed by atoms with van der Waals surface area (Å²) in [7, 11) is 0. The first-order valence-electron chi connectivity index (χ1n) is 9.56. The lowest BCUT2D eigenvalue weighted by atomic mass is 10.1. The van der Waals surface area contributed by atoms with E-state index in [0.717, 1.165) is 17.3 Å². The van der Waals surface area contributed by atoms with Crippen molar-refractivity contribution in [1.82, 2.24) is 30.6 Å². The predicted octanol–water partition coefficient (Wildman–Crippen LogP) is 0.764. The van der Waals surface area contributed by atoms with Gasteiger partial charge in [-0.2, -0.15) is 10.1 Å². The molecule has 0 bridgehead atoms. The number of aromatic nitrogens is 4. The second kappa shape index (κ2) is 10.1. The number of benzene rings is 1. The van der Waals surface area contributed by atoms with Crippen LogP contribution in [0.5, 0.6) is 5.75 Å². The third kappa shape index (κ3) is 6.10.